The van der Waals surface area contributed by atoms with Crippen LogP contribution in [0.15, 0.2) is 22.7 Å². The van der Waals surface area contributed by atoms with Gasteiger partial charge in [0.05, 0.1) is 23.1 Å². The summed E-state index contributed by atoms with van der Waals surface area (Å²) in [7, 11) is 1.58. The van der Waals surface area contributed by atoms with E-state index in [4.69, 9.17) is 9.47 Å². The van der Waals surface area contributed by atoms with Crippen LogP contribution in [-0.4, -0.2) is 71.4 Å². The number of rotatable bonds is 6. The van der Waals surface area contributed by atoms with E-state index in [1.807, 2.05) is 46.8 Å². The number of carbonyl (C=O) groups excluding carboxylic acids is 2. The normalized spacial score (nSPS) is 16.1. The number of aliphatic hydroxyl groups is 1. The fourth-order valence-corrected chi connectivity index (χ4v) is 4.38. The smallest absolute Gasteiger partial charge is 0.410 e. The van der Waals surface area contributed by atoms with Gasteiger partial charge in [-0.1, -0.05) is 19.9 Å². The van der Waals surface area contributed by atoms with Crippen molar-refractivity contribution in [3.63, 3.8) is 0 Å². The van der Waals surface area contributed by atoms with Gasteiger partial charge in [-0.25, -0.2) is 4.79 Å². The first-order chi connectivity index (χ1) is 14.5. The molecule has 1 unspecified atom stereocenters. The third-order valence-electron chi connectivity index (χ3n) is 5.76. The number of amides is 2. The summed E-state index contributed by atoms with van der Waals surface area (Å²) in [5.41, 5.74) is -0.998. The first-order valence-electron chi connectivity index (χ1n) is 10.8. The van der Waals surface area contributed by atoms with Crippen LogP contribution in [0.5, 0.6) is 5.75 Å². The minimum absolute atomic E-state index is 0.132. The third kappa shape index (κ3) is 6.13. The van der Waals surface area contributed by atoms with Gasteiger partial charge in [-0.15, -0.1) is 0 Å². The van der Waals surface area contributed by atoms with Crippen molar-refractivity contribution in [2.24, 2.45) is 0 Å². The maximum Gasteiger partial charge on any atom is 0.410 e. The fraction of sp³-hybridized carbons (Fsp3) is 0.652. The van der Waals surface area contributed by atoms with E-state index in [-0.39, 0.29) is 12.0 Å². The van der Waals surface area contributed by atoms with E-state index in [0.29, 0.717) is 44.8 Å². The number of piperazine rings is 1. The van der Waals surface area contributed by atoms with Crippen LogP contribution in [-0.2, 0) is 9.53 Å². The maximum absolute atomic E-state index is 13.6. The number of hydrogen-bond acceptors (Lipinski definition) is 5. The van der Waals surface area contributed by atoms with Crippen molar-refractivity contribution in [2.45, 2.75) is 64.6 Å². The fourth-order valence-electron chi connectivity index (χ4n) is 3.82. The molecule has 1 aromatic carbocycles. The highest BCUT2D eigenvalue weighted by Crippen LogP contribution is 2.38. The molecule has 1 atom stereocenters. The van der Waals surface area contributed by atoms with E-state index < -0.39 is 17.1 Å². The van der Waals surface area contributed by atoms with Gasteiger partial charge in [-0.05, 0) is 67.2 Å². The topological polar surface area (TPSA) is 79.3 Å². The van der Waals surface area contributed by atoms with Crippen LogP contribution < -0.4 is 4.74 Å². The number of halogens is 1. The van der Waals surface area contributed by atoms with Crippen LogP contribution in [0.25, 0.3) is 0 Å². The van der Waals surface area contributed by atoms with Gasteiger partial charge in [0.15, 0.2) is 0 Å². The molecule has 7 nitrogen and oxygen atoms in total. The Morgan fingerprint density at radius 1 is 1.10 bits per heavy atom. The molecule has 1 aromatic rings. The Hall–Kier alpha value is -1.80. The molecule has 1 aliphatic heterocycles. The standard InChI is InChI=1S/C23H35BrN2O5/c1-7-23(29,8-2)19(16-9-10-18(30-6)17(24)15-16)20(27)25-11-13-26(14-12-25)21(28)31-22(3,4)5/h9-10,15,19,29H,7-8,11-14H2,1-6H3. The first kappa shape index (κ1) is 25.5. The highest BCUT2D eigenvalue weighted by atomic mass is 79.9. The zero-order chi connectivity index (χ0) is 23.4. The number of ether oxygens (including phenoxy) is 2. The Morgan fingerprint density at radius 3 is 2.10 bits per heavy atom. The van der Waals surface area contributed by atoms with E-state index in [1.165, 1.54) is 0 Å². The lowest BCUT2D eigenvalue weighted by Crippen LogP contribution is -2.55. The number of hydrogen-bond donors (Lipinski definition) is 1. The van der Waals surface area contributed by atoms with Gasteiger partial charge in [0.1, 0.15) is 11.4 Å². The van der Waals surface area contributed by atoms with Crippen molar-refractivity contribution in [3.05, 3.63) is 28.2 Å². The van der Waals surface area contributed by atoms with Gasteiger partial charge in [0.2, 0.25) is 5.91 Å². The van der Waals surface area contributed by atoms with Gasteiger partial charge in [0.25, 0.3) is 0 Å². The van der Waals surface area contributed by atoms with Crippen molar-refractivity contribution in [1.29, 1.82) is 0 Å². The molecule has 2 amide bonds. The number of nitrogens with zero attached hydrogens (tertiary/aromatic N) is 2. The zero-order valence-electron chi connectivity index (χ0n) is 19.4. The second-order valence-corrected chi connectivity index (χ2v) is 9.78. The molecule has 0 aromatic heterocycles. The van der Waals surface area contributed by atoms with Gasteiger partial charge < -0.3 is 24.4 Å². The van der Waals surface area contributed by atoms with E-state index in [2.05, 4.69) is 15.9 Å². The molecule has 8 heteroatoms. The summed E-state index contributed by atoms with van der Waals surface area (Å²) in [6, 6.07) is 5.47. The molecule has 2 rings (SSSR count). The lowest BCUT2D eigenvalue weighted by molar-refractivity contribution is -0.142. The monoisotopic (exact) mass is 498 g/mol. The molecule has 0 saturated carbocycles. The largest absolute Gasteiger partial charge is 0.496 e. The van der Waals surface area contributed by atoms with Crippen molar-refractivity contribution >= 4 is 27.9 Å². The molecule has 1 saturated heterocycles. The summed E-state index contributed by atoms with van der Waals surface area (Å²) in [6.45, 7) is 10.9. The molecule has 0 bridgehead atoms. The Labute approximate surface area is 193 Å². The van der Waals surface area contributed by atoms with Crippen LogP contribution >= 0.6 is 15.9 Å². The minimum atomic E-state index is -1.17. The number of methoxy groups -OCH3 is 1. The predicted octanol–water partition coefficient (Wildman–Crippen LogP) is 4.17. The second kappa shape index (κ2) is 10.2. The van der Waals surface area contributed by atoms with Crippen LogP contribution in [0.3, 0.4) is 0 Å². The van der Waals surface area contributed by atoms with Gasteiger partial charge in [0, 0.05) is 26.2 Å². The Kier molecular flexibility index (Phi) is 8.39. The predicted molar refractivity (Wildman–Crippen MR) is 123 cm³/mol. The first-order valence-corrected chi connectivity index (χ1v) is 11.6. The maximum atomic E-state index is 13.6. The summed E-state index contributed by atoms with van der Waals surface area (Å²) >= 11 is 3.49. The average Bonchev–Trinajstić information content (AvgIpc) is 2.72. The summed E-state index contributed by atoms with van der Waals surface area (Å²) in [5, 5.41) is 11.3. The quantitative estimate of drug-likeness (QED) is 0.636. The highest BCUT2D eigenvalue weighted by molar-refractivity contribution is 9.10. The van der Waals surface area contributed by atoms with E-state index in [9.17, 15) is 14.7 Å². The molecule has 1 N–H and O–H groups in total. The van der Waals surface area contributed by atoms with Gasteiger partial charge in [-0.3, -0.25) is 4.79 Å². The Morgan fingerprint density at radius 2 is 1.65 bits per heavy atom. The zero-order valence-corrected chi connectivity index (χ0v) is 21.0. The van der Waals surface area contributed by atoms with Crippen molar-refractivity contribution in [2.75, 3.05) is 33.3 Å². The number of carbonyl (C=O) groups is 2. The highest BCUT2D eigenvalue weighted by Gasteiger charge is 2.43. The summed E-state index contributed by atoms with van der Waals surface area (Å²) < 4.78 is 11.5. The summed E-state index contributed by atoms with van der Waals surface area (Å²) in [5.74, 6) is -0.178. The number of benzene rings is 1. The molecule has 1 heterocycles. The van der Waals surface area contributed by atoms with Crippen molar-refractivity contribution in [3.8, 4) is 5.75 Å². The molecule has 0 radical (unpaired) electrons. The lowest BCUT2D eigenvalue weighted by Gasteiger charge is -2.41. The molecular formula is C23H35BrN2O5. The summed E-state index contributed by atoms with van der Waals surface area (Å²) in [4.78, 5) is 29.3. The van der Waals surface area contributed by atoms with E-state index >= 15 is 0 Å². The summed E-state index contributed by atoms with van der Waals surface area (Å²) in [6.07, 6.45) is 0.525. The lowest BCUT2D eigenvalue weighted by atomic mass is 9.77. The molecule has 31 heavy (non-hydrogen) atoms. The molecule has 0 aliphatic carbocycles. The molecule has 1 aliphatic rings. The van der Waals surface area contributed by atoms with Gasteiger partial charge in [-0.2, -0.15) is 0 Å². The molecule has 174 valence electrons. The average molecular weight is 499 g/mol. The van der Waals surface area contributed by atoms with Crippen LogP contribution in [0.2, 0.25) is 0 Å². The molecule has 0 spiro atoms. The Balaban J connectivity index is 2.23. The Bertz CT molecular complexity index is 781. The molecule has 1 fully saturated rings. The van der Waals surface area contributed by atoms with Crippen LogP contribution in [0.4, 0.5) is 4.79 Å². The minimum Gasteiger partial charge on any atom is -0.496 e. The second-order valence-electron chi connectivity index (χ2n) is 8.93. The third-order valence-corrected chi connectivity index (χ3v) is 6.38. The van der Waals surface area contributed by atoms with Crippen molar-refractivity contribution in [1.82, 2.24) is 9.80 Å². The van der Waals surface area contributed by atoms with Crippen LogP contribution in [0.1, 0.15) is 58.9 Å². The van der Waals surface area contributed by atoms with E-state index in [1.54, 1.807) is 23.0 Å². The van der Waals surface area contributed by atoms with Crippen molar-refractivity contribution < 1.29 is 24.2 Å². The van der Waals surface area contributed by atoms with Gasteiger partial charge >= 0.3 is 6.09 Å². The van der Waals surface area contributed by atoms with E-state index in [0.717, 1.165) is 10.0 Å². The van der Waals surface area contributed by atoms with Crippen LogP contribution in [0, 0.1) is 0 Å². The molecular weight excluding hydrogens is 464 g/mol. The SMILES string of the molecule is CCC(O)(CC)C(C(=O)N1CCN(C(=O)OC(C)(C)C)CC1)c1ccc(OC)c(Br)c1.